The van der Waals surface area contributed by atoms with Crippen LogP contribution in [0.2, 0.25) is 0 Å². The number of carbonyl (C=O) groups excluding carboxylic acids is 2. The molecule has 2 aliphatic rings. The summed E-state index contributed by atoms with van der Waals surface area (Å²) in [5.74, 6) is -2.67. The number of amides is 2. The number of hydrogen-bond acceptors (Lipinski definition) is 5. The van der Waals surface area contributed by atoms with Crippen LogP contribution in [0, 0.1) is 11.8 Å². The molecule has 0 radical (unpaired) electrons. The molecular weight excluding hydrogens is 436 g/mol. The van der Waals surface area contributed by atoms with E-state index in [-0.39, 0.29) is 38.0 Å². The zero-order chi connectivity index (χ0) is 24.4. The van der Waals surface area contributed by atoms with Crippen LogP contribution in [-0.2, 0) is 14.3 Å². The Morgan fingerprint density at radius 1 is 1.03 bits per heavy atom. The fraction of sp³-hybridized carbons (Fsp3) is 0.423. The number of piperidine rings is 1. The number of carboxylic acid groups (broad SMARTS) is 1. The minimum Gasteiger partial charge on any atom is -0.481 e. The summed E-state index contributed by atoms with van der Waals surface area (Å²) in [6.45, 7) is 3.75. The zero-order valence-electron chi connectivity index (χ0n) is 19.3. The summed E-state index contributed by atoms with van der Waals surface area (Å²) in [6.07, 6.45) is -1.52. The van der Waals surface area contributed by atoms with E-state index in [2.05, 4.69) is 17.4 Å². The number of hydrogen-bond donors (Lipinski definition) is 3. The lowest BCUT2D eigenvalue weighted by Crippen LogP contribution is -2.56. The van der Waals surface area contributed by atoms with Gasteiger partial charge in [-0.3, -0.25) is 9.59 Å². The third kappa shape index (κ3) is 4.77. The van der Waals surface area contributed by atoms with E-state index in [4.69, 9.17) is 4.74 Å². The van der Waals surface area contributed by atoms with Gasteiger partial charge in [0.1, 0.15) is 12.6 Å². The Kier molecular flexibility index (Phi) is 6.88. The molecule has 0 bridgehead atoms. The number of alkyl carbamates (subject to hydrolysis) is 1. The maximum Gasteiger partial charge on any atom is 0.407 e. The number of rotatable bonds is 6. The number of nitrogens with zero attached hydrogens (tertiary/aromatic N) is 1. The summed E-state index contributed by atoms with van der Waals surface area (Å²) in [6, 6.07) is 15.2. The average molecular weight is 467 g/mol. The van der Waals surface area contributed by atoms with Crippen LogP contribution in [0.5, 0.6) is 0 Å². The van der Waals surface area contributed by atoms with Crippen molar-refractivity contribution in [3.63, 3.8) is 0 Å². The van der Waals surface area contributed by atoms with Crippen molar-refractivity contribution in [1.29, 1.82) is 0 Å². The highest BCUT2D eigenvalue weighted by Crippen LogP contribution is 2.44. The van der Waals surface area contributed by atoms with Crippen LogP contribution >= 0.6 is 0 Å². The van der Waals surface area contributed by atoms with Crippen molar-refractivity contribution >= 4 is 18.0 Å². The highest BCUT2D eigenvalue weighted by atomic mass is 16.5. The van der Waals surface area contributed by atoms with Crippen LogP contribution in [0.15, 0.2) is 48.5 Å². The fourth-order valence-corrected chi connectivity index (χ4v) is 4.91. The Hall–Kier alpha value is -3.39. The molecule has 4 rings (SSSR count). The number of benzene rings is 2. The van der Waals surface area contributed by atoms with E-state index in [0.717, 1.165) is 22.3 Å². The lowest BCUT2D eigenvalue weighted by molar-refractivity contribution is -0.149. The van der Waals surface area contributed by atoms with Crippen molar-refractivity contribution in [3.05, 3.63) is 59.7 Å². The monoisotopic (exact) mass is 466 g/mol. The van der Waals surface area contributed by atoms with Gasteiger partial charge in [-0.1, -0.05) is 62.4 Å². The molecule has 0 saturated carbocycles. The summed E-state index contributed by atoms with van der Waals surface area (Å²) in [5.41, 5.74) is 4.43. The molecule has 1 aliphatic carbocycles. The Morgan fingerprint density at radius 2 is 1.62 bits per heavy atom. The average Bonchev–Trinajstić information content (AvgIpc) is 3.14. The van der Waals surface area contributed by atoms with Crippen LogP contribution < -0.4 is 5.32 Å². The Labute approximate surface area is 198 Å². The molecule has 2 amide bonds. The molecule has 3 N–H and O–H groups in total. The first-order chi connectivity index (χ1) is 16.3. The van der Waals surface area contributed by atoms with Gasteiger partial charge in [0.2, 0.25) is 5.91 Å². The van der Waals surface area contributed by atoms with Gasteiger partial charge in [-0.05, 0) is 34.6 Å². The minimum absolute atomic E-state index is 0.000810. The maximum atomic E-state index is 13.1. The van der Waals surface area contributed by atoms with E-state index < -0.39 is 36.0 Å². The summed E-state index contributed by atoms with van der Waals surface area (Å²) < 4.78 is 5.57. The molecule has 8 nitrogen and oxygen atoms in total. The molecule has 3 unspecified atom stereocenters. The molecule has 2 aromatic carbocycles. The number of aliphatic hydroxyl groups excluding tert-OH is 1. The van der Waals surface area contributed by atoms with Gasteiger partial charge in [-0.15, -0.1) is 0 Å². The smallest absolute Gasteiger partial charge is 0.407 e. The van der Waals surface area contributed by atoms with Crippen molar-refractivity contribution in [2.75, 3.05) is 19.7 Å². The van der Waals surface area contributed by atoms with Crippen molar-refractivity contribution in [1.82, 2.24) is 10.2 Å². The van der Waals surface area contributed by atoms with E-state index in [1.54, 1.807) is 13.8 Å². The number of β-amino-alcohol motifs (C(OH)–C–C–N with tert-alkyl or cyclic N) is 1. The maximum absolute atomic E-state index is 13.1. The normalized spacial score (nSPS) is 20.4. The molecule has 1 saturated heterocycles. The first-order valence-corrected chi connectivity index (χ1v) is 11.6. The van der Waals surface area contributed by atoms with Crippen LogP contribution in [0.3, 0.4) is 0 Å². The molecular formula is C26H30N2O6. The summed E-state index contributed by atoms with van der Waals surface area (Å²) >= 11 is 0. The SMILES string of the molecule is CC(C)C(NC(=O)OCC1c2ccccc2-c2ccccc21)C(=O)N1CC(O)CC(C(=O)O)C1. The number of fused-ring (bicyclic) bond motifs is 3. The van der Waals surface area contributed by atoms with Gasteiger partial charge >= 0.3 is 12.1 Å². The highest BCUT2D eigenvalue weighted by molar-refractivity contribution is 5.87. The third-order valence-electron chi connectivity index (χ3n) is 6.64. The number of ether oxygens (including phenoxy) is 1. The summed E-state index contributed by atoms with van der Waals surface area (Å²) in [5, 5.41) is 22.0. The molecule has 180 valence electrons. The second-order valence-electron chi connectivity index (χ2n) is 9.36. The van der Waals surface area contributed by atoms with Crippen LogP contribution in [0.1, 0.15) is 37.3 Å². The number of aliphatic carboxylic acids is 1. The second-order valence-corrected chi connectivity index (χ2v) is 9.36. The molecule has 2 aromatic rings. The molecule has 8 heteroatoms. The molecule has 1 aliphatic heterocycles. The predicted molar refractivity (Wildman–Crippen MR) is 125 cm³/mol. The number of carbonyl (C=O) groups is 3. The van der Waals surface area contributed by atoms with Gasteiger partial charge in [0.05, 0.1) is 12.0 Å². The predicted octanol–water partition coefficient (Wildman–Crippen LogP) is 2.84. The Morgan fingerprint density at radius 3 is 2.18 bits per heavy atom. The standard InChI is InChI=1S/C26H30N2O6/c1-15(2)23(24(30)28-12-16(25(31)32)11-17(29)13-28)27-26(33)34-14-22-20-9-5-3-7-18(20)19-8-4-6-10-21(19)22/h3-10,15-17,22-23,29H,11-14H2,1-2H3,(H,27,33)(H,31,32). The van der Waals surface area contributed by atoms with Crippen molar-refractivity contribution in [2.24, 2.45) is 11.8 Å². The Balaban J connectivity index is 1.42. The summed E-state index contributed by atoms with van der Waals surface area (Å²) in [4.78, 5) is 38.6. The molecule has 34 heavy (non-hydrogen) atoms. The molecule has 0 aromatic heterocycles. The molecule has 1 heterocycles. The number of likely N-dealkylation sites (tertiary alicyclic amines) is 1. The zero-order valence-corrected chi connectivity index (χ0v) is 19.3. The van der Waals surface area contributed by atoms with E-state index in [9.17, 15) is 24.6 Å². The van der Waals surface area contributed by atoms with Gasteiger partial charge in [0.15, 0.2) is 0 Å². The van der Waals surface area contributed by atoms with Gasteiger partial charge in [-0.2, -0.15) is 0 Å². The van der Waals surface area contributed by atoms with E-state index in [0.29, 0.717) is 0 Å². The van der Waals surface area contributed by atoms with Crippen LogP contribution in [0.4, 0.5) is 4.79 Å². The van der Waals surface area contributed by atoms with Crippen molar-refractivity contribution < 1.29 is 29.3 Å². The molecule has 1 fully saturated rings. The van der Waals surface area contributed by atoms with E-state index >= 15 is 0 Å². The lowest BCUT2D eigenvalue weighted by Gasteiger charge is -2.36. The van der Waals surface area contributed by atoms with Gasteiger partial charge in [-0.25, -0.2) is 4.79 Å². The Bertz CT molecular complexity index is 1040. The van der Waals surface area contributed by atoms with E-state index in [1.807, 2.05) is 36.4 Å². The number of aliphatic hydroxyl groups is 1. The largest absolute Gasteiger partial charge is 0.481 e. The van der Waals surface area contributed by atoms with Crippen molar-refractivity contribution in [2.45, 2.75) is 38.3 Å². The van der Waals surface area contributed by atoms with Gasteiger partial charge < -0.3 is 25.2 Å². The fourth-order valence-electron chi connectivity index (χ4n) is 4.91. The summed E-state index contributed by atoms with van der Waals surface area (Å²) in [7, 11) is 0. The third-order valence-corrected chi connectivity index (χ3v) is 6.64. The van der Waals surface area contributed by atoms with Crippen LogP contribution in [0.25, 0.3) is 11.1 Å². The lowest BCUT2D eigenvalue weighted by atomic mass is 9.94. The second kappa shape index (κ2) is 9.85. The van der Waals surface area contributed by atoms with Crippen molar-refractivity contribution in [3.8, 4) is 11.1 Å². The first-order valence-electron chi connectivity index (χ1n) is 11.6. The number of carboxylic acids is 1. The molecule has 3 atom stereocenters. The molecule has 0 spiro atoms. The quantitative estimate of drug-likeness (QED) is 0.603. The topological polar surface area (TPSA) is 116 Å². The first kappa shape index (κ1) is 23.8. The van der Waals surface area contributed by atoms with Gasteiger partial charge in [0.25, 0.3) is 0 Å². The number of nitrogens with one attached hydrogen (secondary N) is 1. The van der Waals surface area contributed by atoms with Crippen LogP contribution in [-0.4, -0.2) is 64.9 Å². The minimum atomic E-state index is -1.05. The van der Waals surface area contributed by atoms with Gasteiger partial charge in [0, 0.05) is 19.0 Å². The van der Waals surface area contributed by atoms with E-state index in [1.165, 1.54) is 4.90 Å². The highest BCUT2D eigenvalue weighted by Gasteiger charge is 2.37.